The van der Waals surface area contributed by atoms with Crippen LogP contribution in [-0.4, -0.2) is 32.4 Å². The van der Waals surface area contributed by atoms with Crippen LogP contribution in [0.2, 0.25) is 0 Å². The fourth-order valence-electron chi connectivity index (χ4n) is 2.94. The first kappa shape index (κ1) is 17.3. The molecule has 0 spiro atoms. The molecule has 1 aliphatic carbocycles. The topological polar surface area (TPSA) is 114 Å². The molecule has 1 aromatic carbocycles. The molecule has 2 aromatic heterocycles. The third kappa shape index (κ3) is 3.59. The van der Waals surface area contributed by atoms with Crippen molar-refractivity contribution in [2.45, 2.75) is 37.8 Å². The van der Waals surface area contributed by atoms with Crippen molar-refractivity contribution in [1.82, 2.24) is 20.7 Å². The van der Waals surface area contributed by atoms with Gasteiger partial charge in [-0.2, -0.15) is 0 Å². The van der Waals surface area contributed by atoms with E-state index in [1.54, 1.807) is 19.1 Å². The SMILES string of the molecule is C[C@@H](O)c1nnc(C2CC(NC(=O)c3cc(-c4cccc(F)c4)on3)C2)o1. The fraction of sp³-hybridized carbons (Fsp3) is 0.333. The van der Waals surface area contributed by atoms with Gasteiger partial charge in [0, 0.05) is 23.6 Å². The lowest BCUT2D eigenvalue weighted by atomic mass is 9.80. The number of hydrogen-bond acceptors (Lipinski definition) is 7. The number of aromatic nitrogens is 3. The van der Waals surface area contributed by atoms with Crippen LogP contribution in [0.3, 0.4) is 0 Å². The molecule has 3 aromatic rings. The molecule has 2 heterocycles. The second-order valence-electron chi connectivity index (χ2n) is 6.58. The summed E-state index contributed by atoms with van der Waals surface area (Å²) in [4.78, 5) is 12.3. The van der Waals surface area contributed by atoms with Crippen molar-refractivity contribution in [2.75, 3.05) is 0 Å². The maximum absolute atomic E-state index is 13.3. The molecule has 0 aliphatic heterocycles. The molecule has 9 heteroatoms. The maximum atomic E-state index is 13.3. The Balaban J connectivity index is 1.34. The zero-order valence-electron chi connectivity index (χ0n) is 14.4. The molecule has 0 bridgehead atoms. The van der Waals surface area contributed by atoms with Gasteiger partial charge in [0.25, 0.3) is 5.91 Å². The molecular formula is C18H17FN4O4. The Morgan fingerprint density at radius 1 is 1.33 bits per heavy atom. The van der Waals surface area contributed by atoms with Crippen LogP contribution in [0.25, 0.3) is 11.3 Å². The molecule has 8 nitrogen and oxygen atoms in total. The third-order valence-electron chi connectivity index (χ3n) is 4.49. The number of carbonyl (C=O) groups is 1. The molecule has 2 N–H and O–H groups in total. The van der Waals surface area contributed by atoms with Gasteiger partial charge in [-0.05, 0) is 31.9 Å². The zero-order valence-corrected chi connectivity index (χ0v) is 14.4. The number of nitrogens with one attached hydrogen (secondary N) is 1. The molecular weight excluding hydrogens is 355 g/mol. The van der Waals surface area contributed by atoms with Crippen molar-refractivity contribution in [3.8, 4) is 11.3 Å². The molecule has 1 aliphatic rings. The minimum atomic E-state index is -0.804. The number of hydrogen-bond donors (Lipinski definition) is 2. The number of benzene rings is 1. The van der Waals surface area contributed by atoms with E-state index in [4.69, 9.17) is 8.94 Å². The van der Waals surface area contributed by atoms with Crippen LogP contribution < -0.4 is 5.32 Å². The van der Waals surface area contributed by atoms with Gasteiger partial charge >= 0.3 is 0 Å². The average molecular weight is 372 g/mol. The third-order valence-corrected chi connectivity index (χ3v) is 4.49. The molecule has 1 fully saturated rings. The maximum Gasteiger partial charge on any atom is 0.273 e. The van der Waals surface area contributed by atoms with Crippen LogP contribution in [0.4, 0.5) is 4.39 Å². The summed E-state index contributed by atoms with van der Waals surface area (Å²) in [6.45, 7) is 1.55. The van der Waals surface area contributed by atoms with E-state index in [1.807, 2.05) is 0 Å². The van der Waals surface area contributed by atoms with Crippen molar-refractivity contribution in [3.63, 3.8) is 0 Å². The molecule has 1 atom stereocenters. The van der Waals surface area contributed by atoms with Crippen molar-refractivity contribution in [2.24, 2.45) is 0 Å². The summed E-state index contributed by atoms with van der Waals surface area (Å²) in [5, 5.41) is 23.7. The van der Waals surface area contributed by atoms with E-state index < -0.39 is 11.9 Å². The highest BCUT2D eigenvalue weighted by Crippen LogP contribution is 2.36. The lowest BCUT2D eigenvalue weighted by Gasteiger charge is -2.33. The van der Waals surface area contributed by atoms with Gasteiger partial charge in [0.15, 0.2) is 11.5 Å². The fourth-order valence-corrected chi connectivity index (χ4v) is 2.94. The molecule has 140 valence electrons. The second kappa shape index (κ2) is 6.92. The van der Waals surface area contributed by atoms with Crippen molar-refractivity contribution >= 4 is 5.91 Å². The number of carbonyl (C=O) groups excluding carboxylic acids is 1. The molecule has 1 amide bonds. The number of nitrogens with zero attached hydrogens (tertiary/aromatic N) is 3. The lowest BCUT2D eigenvalue weighted by Crippen LogP contribution is -2.43. The molecule has 0 unspecified atom stereocenters. The first-order chi connectivity index (χ1) is 13.0. The van der Waals surface area contributed by atoms with Crippen LogP contribution in [0.1, 0.15) is 54.1 Å². The summed E-state index contributed by atoms with van der Waals surface area (Å²) in [6.07, 6.45) is 0.505. The number of halogens is 1. The van der Waals surface area contributed by atoms with E-state index in [-0.39, 0.29) is 29.5 Å². The van der Waals surface area contributed by atoms with E-state index in [2.05, 4.69) is 20.7 Å². The second-order valence-corrected chi connectivity index (χ2v) is 6.58. The highest BCUT2D eigenvalue weighted by molar-refractivity contribution is 5.93. The van der Waals surface area contributed by atoms with Crippen LogP contribution in [0.5, 0.6) is 0 Å². The summed E-state index contributed by atoms with van der Waals surface area (Å²) in [7, 11) is 0. The predicted octanol–water partition coefficient (Wildman–Crippen LogP) is 2.59. The first-order valence-corrected chi connectivity index (χ1v) is 8.54. The summed E-state index contributed by atoms with van der Waals surface area (Å²) < 4.78 is 23.8. The monoisotopic (exact) mass is 372 g/mol. The number of aliphatic hydroxyl groups is 1. The van der Waals surface area contributed by atoms with E-state index in [1.165, 1.54) is 18.2 Å². The van der Waals surface area contributed by atoms with E-state index >= 15 is 0 Å². The molecule has 0 saturated heterocycles. The Bertz CT molecular complexity index is 962. The van der Waals surface area contributed by atoms with Crippen molar-refractivity contribution in [1.29, 1.82) is 0 Å². The minimum Gasteiger partial charge on any atom is -0.422 e. The van der Waals surface area contributed by atoms with Gasteiger partial charge in [-0.15, -0.1) is 10.2 Å². The van der Waals surface area contributed by atoms with Gasteiger partial charge < -0.3 is 19.4 Å². The smallest absolute Gasteiger partial charge is 0.273 e. The van der Waals surface area contributed by atoms with E-state index in [9.17, 15) is 14.3 Å². The van der Waals surface area contributed by atoms with Gasteiger partial charge in [0.05, 0.1) is 0 Å². The van der Waals surface area contributed by atoms with Gasteiger partial charge in [-0.25, -0.2) is 4.39 Å². The van der Waals surface area contributed by atoms with Crippen LogP contribution in [0.15, 0.2) is 39.3 Å². The molecule has 27 heavy (non-hydrogen) atoms. The molecule has 1 saturated carbocycles. The van der Waals surface area contributed by atoms with E-state index in [0.29, 0.717) is 30.1 Å². The molecule has 0 radical (unpaired) electrons. The molecule has 4 rings (SSSR count). The Morgan fingerprint density at radius 3 is 2.85 bits per heavy atom. The Kier molecular flexibility index (Phi) is 4.44. The summed E-state index contributed by atoms with van der Waals surface area (Å²) in [5.74, 6) is 0.268. The van der Waals surface area contributed by atoms with Crippen LogP contribution in [0, 0.1) is 5.82 Å². The number of rotatable bonds is 5. The van der Waals surface area contributed by atoms with Crippen molar-refractivity contribution in [3.05, 3.63) is 53.6 Å². The van der Waals surface area contributed by atoms with Crippen LogP contribution >= 0.6 is 0 Å². The first-order valence-electron chi connectivity index (χ1n) is 8.54. The van der Waals surface area contributed by atoms with Crippen molar-refractivity contribution < 1.29 is 23.2 Å². The Labute approximate surface area is 153 Å². The number of amides is 1. The minimum absolute atomic E-state index is 0.0429. The van der Waals surface area contributed by atoms with Gasteiger partial charge in [0.2, 0.25) is 11.8 Å². The Morgan fingerprint density at radius 2 is 2.15 bits per heavy atom. The highest BCUT2D eigenvalue weighted by atomic mass is 19.1. The highest BCUT2D eigenvalue weighted by Gasteiger charge is 2.36. The van der Waals surface area contributed by atoms with Crippen LogP contribution in [-0.2, 0) is 0 Å². The van der Waals surface area contributed by atoms with Gasteiger partial charge in [-0.3, -0.25) is 4.79 Å². The van der Waals surface area contributed by atoms with Gasteiger partial charge in [0.1, 0.15) is 11.9 Å². The normalized spacial score (nSPS) is 20.1. The summed E-state index contributed by atoms with van der Waals surface area (Å²) in [6, 6.07) is 7.31. The quantitative estimate of drug-likeness (QED) is 0.707. The summed E-state index contributed by atoms with van der Waals surface area (Å²) in [5.41, 5.74) is 0.641. The standard InChI is InChI=1S/C18H17FN4O4/c1-9(24)17-21-22-18(26-17)11-6-13(7-11)20-16(25)14-8-15(27-23-14)10-3-2-4-12(19)5-10/h2-5,8-9,11,13,24H,6-7H2,1H3,(H,20,25)/t9-,11?,13?/m1/s1. The Hall–Kier alpha value is -3.07. The lowest BCUT2D eigenvalue weighted by molar-refractivity contribution is 0.0892. The average Bonchev–Trinajstić information content (AvgIpc) is 3.27. The number of aliphatic hydroxyl groups excluding tert-OH is 1. The van der Waals surface area contributed by atoms with E-state index in [0.717, 1.165) is 0 Å². The largest absolute Gasteiger partial charge is 0.422 e. The zero-order chi connectivity index (χ0) is 19.0. The van der Waals surface area contributed by atoms with Gasteiger partial charge in [-0.1, -0.05) is 17.3 Å². The summed E-state index contributed by atoms with van der Waals surface area (Å²) >= 11 is 0. The predicted molar refractivity (Wildman–Crippen MR) is 90.1 cm³/mol.